The van der Waals surface area contributed by atoms with Gasteiger partial charge in [-0.1, -0.05) is 0 Å². The molecular weight excluding hydrogens is 246 g/mol. The molecule has 1 unspecified atom stereocenters. The van der Waals surface area contributed by atoms with Crippen LogP contribution in [-0.4, -0.2) is 58.4 Å². The zero-order valence-corrected chi connectivity index (χ0v) is 10.7. The molecule has 0 spiro atoms. The summed E-state index contributed by atoms with van der Waals surface area (Å²) in [6.45, 7) is 4.24. The minimum absolute atomic E-state index is 0.487. The Bertz CT molecular complexity index is 505. The highest BCUT2D eigenvalue weighted by molar-refractivity contribution is 5.73. The van der Waals surface area contributed by atoms with Crippen LogP contribution in [0.4, 0.5) is 5.82 Å². The summed E-state index contributed by atoms with van der Waals surface area (Å²) in [5, 5.41) is 25.8. The molecule has 2 rings (SSSR count). The molecule has 7 nitrogen and oxygen atoms in total. The molecule has 0 amide bonds. The van der Waals surface area contributed by atoms with Crippen molar-refractivity contribution in [3.63, 3.8) is 0 Å². The number of hydrogen-bond acceptors (Lipinski definition) is 6. The van der Waals surface area contributed by atoms with Gasteiger partial charge in [0.2, 0.25) is 0 Å². The summed E-state index contributed by atoms with van der Waals surface area (Å²) in [5.74, 6) is -0.238. The number of nitriles is 1. The van der Waals surface area contributed by atoms with E-state index in [0.717, 1.165) is 0 Å². The Morgan fingerprint density at radius 2 is 2.16 bits per heavy atom. The van der Waals surface area contributed by atoms with Gasteiger partial charge in [-0.05, 0) is 13.0 Å². The molecule has 100 valence electrons. The van der Waals surface area contributed by atoms with Gasteiger partial charge in [0, 0.05) is 26.2 Å². The summed E-state index contributed by atoms with van der Waals surface area (Å²) >= 11 is 0. The second-order valence-corrected chi connectivity index (χ2v) is 4.42. The van der Waals surface area contributed by atoms with Gasteiger partial charge >= 0.3 is 5.97 Å². The standard InChI is InChI=1S/C12H15N5O2/c1-9(12(18)19)16-4-6-17(7-5-16)11-10(8-13)2-3-14-15-11/h2-3,9H,4-7H2,1H3,(H,18,19). The summed E-state index contributed by atoms with van der Waals surface area (Å²) in [6, 6.07) is 3.24. The molecule has 1 aliphatic heterocycles. The van der Waals surface area contributed by atoms with Crippen LogP contribution >= 0.6 is 0 Å². The third-order valence-corrected chi connectivity index (χ3v) is 3.34. The van der Waals surface area contributed by atoms with Gasteiger partial charge in [0.15, 0.2) is 5.82 Å². The average molecular weight is 261 g/mol. The Morgan fingerprint density at radius 3 is 2.74 bits per heavy atom. The van der Waals surface area contributed by atoms with Gasteiger partial charge in [-0.15, -0.1) is 5.10 Å². The summed E-state index contributed by atoms with van der Waals surface area (Å²) in [7, 11) is 0. The van der Waals surface area contributed by atoms with Crippen molar-refractivity contribution in [3.05, 3.63) is 17.8 Å². The fourth-order valence-corrected chi connectivity index (χ4v) is 2.12. The van der Waals surface area contributed by atoms with Gasteiger partial charge in [-0.25, -0.2) is 0 Å². The summed E-state index contributed by atoms with van der Waals surface area (Å²) < 4.78 is 0. The molecule has 2 heterocycles. The van der Waals surface area contributed by atoms with Gasteiger partial charge < -0.3 is 10.0 Å². The van der Waals surface area contributed by atoms with Crippen LogP contribution in [0.3, 0.4) is 0 Å². The first-order chi connectivity index (χ1) is 9.13. The molecule has 0 aromatic carbocycles. The van der Waals surface area contributed by atoms with Gasteiger partial charge in [0.1, 0.15) is 12.1 Å². The molecule has 19 heavy (non-hydrogen) atoms. The van der Waals surface area contributed by atoms with Crippen molar-refractivity contribution in [2.24, 2.45) is 0 Å². The van der Waals surface area contributed by atoms with Crippen molar-refractivity contribution in [1.82, 2.24) is 15.1 Å². The van der Waals surface area contributed by atoms with E-state index in [4.69, 9.17) is 10.4 Å². The molecule has 1 aliphatic rings. The SMILES string of the molecule is CC(C(=O)O)N1CCN(c2nnccc2C#N)CC1. The molecule has 0 aliphatic carbocycles. The first-order valence-corrected chi connectivity index (χ1v) is 6.07. The molecule has 0 radical (unpaired) electrons. The Balaban J connectivity index is 2.04. The highest BCUT2D eigenvalue weighted by Crippen LogP contribution is 2.17. The quantitative estimate of drug-likeness (QED) is 0.814. The van der Waals surface area contributed by atoms with Crippen molar-refractivity contribution in [2.45, 2.75) is 13.0 Å². The monoisotopic (exact) mass is 261 g/mol. The lowest BCUT2D eigenvalue weighted by molar-refractivity contribution is -0.142. The smallest absolute Gasteiger partial charge is 0.320 e. The summed E-state index contributed by atoms with van der Waals surface area (Å²) in [6.07, 6.45) is 1.49. The Hall–Kier alpha value is -2.20. The number of nitrogens with zero attached hydrogens (tertiary/aromatic N) is 5. The number of anilines is 1. The van der Waals surface area contributed by atoms with E-state index in [9.17, 15) is 4.79 Å². The van der Waals surface area contributed by atoms with Gasteiger partial charge in [0.25, 0.3) is 0 Å². The Kier molecular flexibility index (Phi) is 3.92. The zero-order valence-electron chi connectivity index (χ0n) is 10.7. The van der Waals surface area contributed by atoms with Crippen LogP contribution in [-0.2, 0) is 4.79 Å². The lowest BCUT2D eigenvalue weighted by atomic mass is 10.2. The van der Waals surface area contributed by atoms with Crippen LogP contribution in [0.5, 0.6) is 0 Å². The number of carboxylic acids is 1. The van der Waals surface area contributed by atoms with E-state index in [1.165, 1.54) is 6.20 Å². The number of rotatable bonds is 3. The second kappa shape index (κ2) is 5.63. The molecule has 1 atom stereocenters. The van der Waals surface area contributed by atoms with E-state index in [1.54, 1.807) is 13.0 Å². The molecule has 1 aromatic heterocycles. The maximum atomic E-state index is 10.9. The van der Waals surface area contributed by atoms with Crippen molar-refractivity contribution in [2.75, 3.05) is 31.1 Å². The van der Waals surface area contributed by atoms with Crippen LogP contribution < -0.4 is 4.90 Å². The minimum atomic E-state index is -0.814. The number of carbonyl (C=O) groups is 1. The van der Waals surface area contributed by atoms with Crippen molar-refractivity contribution in [3.8, 4) is 6.07 Å². The van der Waals surface area contributed by atoms with Crippen LogP contribution in [0.25, 0.3) is 0 Å². The van der Waals surface area contributed by atoms with Gasteiger partial charge in [0.05, 0.1) is 11.8 Å². The third kappa shape index (κ3) is 2.80. The molecule has 1 N–H and O–H groups in total. The lowest BCUT2D eigenvalue weighted by Crippen LogP contribution is -2.52. The summed E-state index contributed by atoms with van der Waals surface area (Å²) in [5.41, 5.74) is 0.495. The number of aliphatic carboxylic acids is 1. The highest BCUT2D eigenvalue weighted by Gasteiger charge is 2.26. The van der Waals surface area contributed by atoms with E-state index < -0.39 is 12.0 Å². The van der Waals surface area contributed by atoms with Gasteiger partial charge in [-0.2, -0.15) is 10.4 Å². The van der Waals surface area contributed by atoms with Crippen molar-refractivity contribution < 1.29 is 9.90 Å². The number of piperazine rings is 1. The average Bonchev–Trinajstić information content (AvgIpc) is 2.46. The fourth-order valence-electron chi connectivity index (χ4n) is 2.12. The van der Waals surface area contributed by atoms with Crippen molar-refractivity contribution >= 4 is 11.8 Å². The first-order valence-electron chi connectivity index (χ1n) is 6.07. The van der Waals surface area contributed by atoms with Crippen molar-refractivity contribution in [1.29, 1.82) is 5.26 Å². The fraction of sp³-hybridized carbons (Fsp3) is 0.500. The minimum Gasteiger partial charge on any atom is -0.480 e. The first kappa shape index (κ1) is 13.2. The van der Waals surface area contributed by atoms with Crippen LogP contribution in [0.15, 0.2) is 12.3 Å². The van der Waals surface area contributed by atoms with E-state index in [0.29, 0.717) is 37.6 Å². The number of aromatic nitrogens is 2. The molecule has 0 saturated carbocycles. The Labute approximate surface area is 111 Å². The van der Waals surface area contributed by atoms with E-state index >= 15 is 0 Å². The summed E-state index contributed by atoms with van der Waals surface area (Å²) in [4.78, 5) is 14.8. The highest BCUT2D eigenvalue weighted by atomic mass is 16.4. The number of hydrogen-bond donors (Lipinski definition) is 1. The predicted octanol–water partition coefficient (Wildman–Crippen LogP) is -0.0566. The van der Waals surface area contributed by atoms with E-state index in [1.807, 2.05) is 9.80 Å². The molecule has 1 saturated heterocycles. The van der Waals surface area contributed by atoms with Crippen LogP contribution in [0.2, 0.25) is 0 Å². The third-order valence-electron chi connectivity index (χ3n) is 3.34. The zero-order chi connectivity index (χ0) is 13.8. The number of carboxylic acid groups (broad SMARTS) is 1. The topological polar surface area (TPSA) is 93.3 Å². The predicted molar refractivity (Wildman–Crippen MR) is 67.6 cm³/mol. The molecular formula is C12H15N5O2. The van der Waals surface area contributed by atoms with E-state index in [2.05, 4.69) is 16.3 Å². The molecule has 1 aromatic rings. The molecule has 1 fully saturated rings. The van der Waals surface area contributed by atoms with Gasteiger partial charge in [-0.3, -0.25) is 9.69 Å². The lowest BCUT2D eigenvalue weighted by Gasteiger charge is -2.37. The maximum absolute atomic E-state index is 10.9. The van der Waals surface area contributed by atoms with Crippen LogP contribution in [0, 0.1) is 11.3 Å². The normalized spacial score (nSPS) is 17.8. The Morgan fingerprint density at radius 1 is 1.47 bits per heavy atom. The largest absolute Gasteiger partial charge is 0.480 e. The van der Waals surface area contributed by atoms with Crippen LogP contribution in [0.1, 0.15) is 12.5 Å². The maximum Gasteiger partial charge on any atom is 0.320 e. The molecule has 0 bridgehead atoms. The second-order valence-electron chi connectivity index (χ2n) is 4.42. The molecule has 7 heteroatoms. The van der Waals surface area contributed by atoms with E-state index in [-0.39, 0.29) is 0 Å².